The number of piperidine rings is 1. The highest BCUT2D eigenvalue weighted by molar-refractivity contribution is 5.73. The Morgan fingerprint density at radius 1 is 1.37 bits per heavy atom. The average molecular weight is 259 g/mol. The molecule has 3 heteroatoms. The van der Waals surface area contributed by atoms with Crippen molar-refractivity contribution in [2.24, 2.45) is 23.2 Å². The Morgan fingerprint density at radius 3 is 3.16 bits per heavy atom. The molecule has 19 heavy (non-hydrogen) atoms. The second-order valence-electron chi connectivity index (χ2n) is 7.38. The summed E-state index contributed by atoms with van der Waals surface area (Å²) in [5.41, 5.74) is 0.608. The normalized spacial score (nSPS) is 58.1. The van der Waals surface area contributed by atoms with Crippen molar-refractivity contribution in [2.45, 2.75) is 44.2 Å². The molecule has 102 valence electrons. The Balaban J connectivity index is 1.73. The van der Waals surface area contributed by atoms with Crippen LogP contribution < -0.4 is 0 Å². The largest absolute Gasteiger partial charge is 0.461 e. The summed E-state index contributed by atoms with van der Waals surface area (Å²) in [5, 5.41) is 0. The van der Waals surface area contributed by atoms with Gasteiger partial charge in [-0.3, -0.25) is 9.69 Å². The van der Waals surface area contributed by atoms with Gasteiger partial charge in [-0.15, -0.1) is 0 Å². The Morgan fingerprint density at radius 2 is 2.26 bits per heavy atom. The molecule has 3 aliphatic heterocycles. The third-order valence-electron chi connectivity index (χ3n) is 6.79. The minimum absolute atomic E-state index is 0.0591. The summed E-state index contributed by atoms with van der Waals surface area (Å²) in [6.07, 6.45) is 9.88. The number of hydrogen-bond acceptors (Lipinski definition) is 3. The van der Waals surface area contributed by atoms with Gasteiger partial charge in [-0.25, -0.2) is 0 Å². The maximum absolute atomic E-state index is 12.2. The Bertz CT molecular complexity index is 501. The van der Waals surface area contributed by atoms with Gasteiger partial charge >= 0.3 is 5.97 Å². The van der Waals surface area contributed by atoms with Crippen molar-refractivity contribution in [3.05, 3.63) is 12.2 Å². The van der Waals surface area contributed by atoms with E-state index in [1.165, 1.54) is 25.8 Å². The smallest absolute Gasteiger partial charge is 0.309 e. The maximum Gasteiger partial charge on any atom is 0.309 e. The zero-order valence-electron chi connectivity index (χ0n) is 11.5. The van der Waals surface area contributed by atoms with Gasteiger partial charge in [0.15, 0.2) is 0 Å². The van der Waals surface area contributed by atoms with Gasteiger partial charge in [-0.05, 0) is 32.2 Å². The molecule has 0 aromatic carbocycles. The van der Waals surface area contributed by atoms with Gasteiger partial charge in [0.05, 0.1) is 5.92 Å². The highest BCUT2D eigenvalue weighted by Crippen LogP contribution is 2.77. The quantitative estimate of drug-likeness (QED) is 0.492. The number of hydrogen-bond donors (Lipinski definition) is 0. The second-order valence-corrected chi connectivity index (χ2v) is 7.38. The summed E-state index contributed by atoms with van der Waals surface area (Å²) in [7, 11) is 0. The first kappa shape index (κ1) is 10.9. The van der Waals surface area contributed by atoms with Crippen LogP contribution in [0.3, 0.4) is 0 Å². The molecule has 0 radical (unpaired) electrons. The fourth-order valence-corrected chi connectivity index (χ4v) is 6.16. The third-order valence-corrected chi connectivity index (χ3v) is 6.79. The Hall–Kier alpha value is -0.830. The van der Waals surface area contributed by atoms with E-state index in [4.69, 9.17) is 4.74 Å². The van der Waals surface area contributed by atoms with Crippen LogP contribution in [0.15, 0.2) is 12.2 Å². The molecule has 3 nitrogen and oxygen atoms in total. The lowest BCUT2D eigenvalue weighted by molar-refractivity contribution is -0.154. The highest BCUT2D eigenvalue weighted by Gasteiger charge is 2.81. The summed E-state index contributed by atoms with van der Waals surface area (Å²) < 4.78 is 5.94. The summed E-state index contributed by atoms with van der Waals surface area (Å²) in [6.45, 7) is 4.36. The molecule has 3 heterocycles. The molecule has 2 saturated carbocycles. The SMILES string of the molecule is C[C@@H]1C[C@@]23[C@@H]4CCCN2CC=C[C@]32C[C@@H]2[C@H]4OC1=O. The van der Waals surface area contributed by atoms with E-state index in [0.717, 1.165) is 13.0 Å². The molecular formula is C16H21NO2. The number of carbonyl (C=O) groups is 1. The van der Waals surface area contributed by atoms with E-state index in [2.05, 4.69) is 24.0 Å². The predicted octanol–water partition coefficient (Wildman–Crippen LogP) is 1.98. The molecule has 0 aromatic heterocycles. The average Bonchev–Trinajstić information content (AvgIpc) is 3.07. The van der Waals surface area contributed by atoms with Crippen molar-refractivity contribution < 1.29 is 9.53 Å². The molecule has 0 aromatic rings. The van der Waals surface area contributed by atoms with E-state index in [0.29, 0.717) is 17.3 Å². The maximum atomic E-state index is 12.2. The van der Waals surface area contributed by atoms with Crippen molar-refractivity contribution in [2.75, 3.05) is 13.1 Å². The first-order chi connectivity index (χ1) is 9.19. The topological polar surface area (TPSA) is 29.5 Å². The molecule has 6 atom stereocenters. The van der Waals surface area contributed by atoms with Gasteiger partial charge in [-0.1, -0.05) is 19.1 Å². The lowest BCUT2D eigenvalue weighted by atomic mass is 9.64. The van der Waals surface area contributed by atoms with Crippen LogP contribution >= 0.6 is 0 Å². The van der Waals surface area contributed by atoms with E-state index in [1.807, 2.05) is 0 Å². The minimum Gasteiger partial charge on any atom is -0.461 e. The highest BCUT2D eigenvalue weighted by atomic mass is 16.5. The van der Waals surface area contributed by atoms with Crippen LogP contribution in [-0.4, -0.2) is 35.6 Å². The number of nitrogens with zero attached hydrogens (tertiary/aromatic N) is 1. The number of esters is 1. The predicted molar refractivity (Wildman–Crippen MR) is 70.4 cm³/mol. The fraction of sp³-hybridized carbons (Fsp3) is 0.812. The molecule has 2 spiro atoms. The molecule has 5 rings (SSSR count). The zero-order chi connectivity index (χ0) is 12.8. The number of ether oxygens (including phenoxy) is 1. The van der Waals surface area contributed by atoms with Crippen LogP contribution in [0.1, 0.15) is 32.6 Å². The standard InChI is InChI=1S/C16H21NO2/c1-10-8-16-11-4-2-6-17(16)7-3-5-15(16)9-12(15)13(11)19-14(10)18/h3,5,10-13H,2,4,6-9H2,1H3/t10-,11-,12-,13+,15-,16+/m1/s1. The molecule has 0 N–H and O–H groups in total. The van der Waals surface area contributed by atoms with Crippen LogP contribution in [-0.2, 0) is 9.53 Å². The monoisotopic (exact) mass is 259 g/mol. The van der Waals surface area contributed by atoms with Gasteiger partial charge in [0.2, 0.25) is 0 Å². The van der Waals surface area contributed by atoms with Crippen LogP contribution in [0, 0.1) is 23.2 Å². The molecular weight excluding hydrogens is 238 g/mol. The van der Waals surface area contributed by atoms with Gasteiger partial charge in [0.25, 0.3) is 0 Å². The van der Waals surface area contributed by atoms with E-state index in [9.17, 15) is 4.79 Å². The van der Waals surface area contributed by atoms with E-state index in [-0.39, 0.29) is 23.5 Å². The lowest BCUT2D eigenvalue weighted by Crippen LogP contribution is -2.63. The molecule has 2 aliphatic carbocycles. The molecule has 4 fully saturated rings. The van der Waals surface area contributed by atoms with Crippen LogP contribution in [0.5, 0.6) is 0 Å². The van der Waals surface area contributed by atoms with E-state index in [1.54, 1.807) is 0 Å². The van der Waals surface area contributed by atoms with Gasteiger partial charge in [0.1, 0.15) is 6.10 Å². The molecule has 0 unspecified atom stereocenters. The molecule has 2 saturated heterocycles. The second kappa shape index (κ2) is 3.08. The van der Waals surface area contributed by atoms with Crippen LogP contribution in [0.4, 0.5) is 0 Å². The van der Waals surface area contributed by atoms with Crippen molar-refractivity contribution in [1.29, 1.82) is 0 Å². The van der Waals surface area contributed by atoms with Gasteiger partial charge < -0.3 is 4.74 Å². The van der Waals surface area contributed by atoms with E-state index >= 15 is 0 Å². The summed E-state index contributed by atoms with van der Waals surface area (Å²) in [4.78, 5) is 14.9. The first-order valence-corrected chi connectivity index (χ1v) is 7.82. The fourth-order valence-electron chi connectivity index (χ4n) is 6.16. The zero-order valence-corrected chi connectivity index (χ0v) is 11.5. The summed E-state index contributed by atoms with van der Waals surface area (Å²) in [6, 6.07) is 0. The number of fused-ring (bicyclic) bond motifs is 1. The number of rotatable bonds is 0. The molecule has 5 aliphatic rings. The third kappa shape index (κ3) is 0.990. The summed E-state index contributed by atoms with van der Waals surface area (Å²) in [5.74, 6) is 1.34. The van der Waals surface area contributed by atoms with Crippen LogP contribution in [0.2, 0.25) is 0 Å². The Kier molecular flexibility index (Phi) is 1.77. The van der Waals surface area contributed by atoms with Gasteiger partial charge in [-0.2, -0.15) is 0 Å². The molecule has 0 amide bonds. The van der Waals surface area contributed by atoms with Gasteiger partial charge in [0, 0.05) is 29.3 Å². The summed E-state index contributed by atoms with van der Waals surface area (Å²) >= 11 is 0. The van der Waals surface area contributed by atoms with Crippen molar-refractivity contribution in [3.8, 4) is 0 Å². The van der Waals surface area contributed by atoms with Crippen molar-refractivity contribution in [3.63, 3.8) is 0 Å². The van der Waals surface area contributed by atoms with Crippen LogP contribution in [0.25, 0.3) is 0 Å². The first-order valence-electron chi connectivity index (χ1n) is 7.82. The number of carbonyl (C=O) groups excluding carboxylic acids is 1. The van der Waals surface area contributed by atoms with Crippen molar-refractivity contribution >= 4 is 5.97 Å². The van der Waals surface area contributed by atoms with Crippen molar-refractivity contribution in [1.82, 2.24) is 4.90 Å². The Labute approximate surface area is 114 Å². The molecule has 2 bridgehead atoms. The van der Waals surface area contributed by atoms with E-state index < -0.39 is 0 Å². The lowest BCUT2D eigenvalue weighted by Gasteiger charge is -2.55. The minimum atomic E-state index is 0.0591.